The fourth-order valence-electron chi connectivity index (χ4n) is 2.45. The number of hydrogen-bond donors (Lipinski definition) is 1. The van der Waals surface area contributed by atoms with Gasteiger partial charge in [-0.2, -0.15) is 0 Å². The largest absolute Gasteiger partial charge is 0.460 e. The van der Waals surface area contributed by atoms with E-state index < -0.39 is 5.97 Å². The Morgan fingerprint density at radius 1 is 1.35 bits per heavy atom. The number of fused-ring (bicyclic) bond motifs is 1. The molecule has 3 rings (SSSR count). The number of ether oxygens (including phenoxy) is 1. The minimum Gasteiger partial charge on any atom is -0.460 e. The van der Waals surface area contributed by atoms with Crippen LogP contribution in [0.1, 0.15) is 17.5 Å². The number of nitrogens with zero attached hydrogens (tertiary/aromatic N) is 1. The number of hydrogen-bond acceptors (Lipinski definition) is 5. The number of benzene rings is 1. The smallest absolute Gasteiger partial charge is 0.374 e. The average Bonchev–Trinajstić information content (AvgIpc) is 2.91. The summed E-state index contributed by atoms with van der Waals surface area (Å²) < 4.78 is 10.5. The van der Waals surface area contributed by atoms with Crippen molar-refractivity contribution < 1.29 is 13.9 Å². The zero-order valence-electron chi connectivity index (χ0n) is 11.5. The van der Waals surface area contributed by atoms with Gasteiger partial charge in [-0.1, -0.05) is 0 Å². The highest BCUT2D eigenvalue weighted by atomic mass is 16.5. The second-order valence-electron chi connectivity index (χ2n) is 4.79. The summed E-state index contributed by atoms with van der Waals surface area (Å²) in [5.74, 6) is -0.147. The van der Waals surface area contributed by atoms with E-state index in [4.69, 9.17) is 9.15 Å². The van der Waals surface area contributed by atoms with Crippen molar-refractivity contribution in [3.05, 3.63) is 30.0 Å². The van der Waals surface area contributed by atoms with Crippen molar-refractivity contribution in [2.24, 2.45) is 0 Å². The fourth-order valence-corrected chi connectivity index (χ4v) is 2.45. The number of carbonyl (C=O) groups is 1. The number of furan rings is 1. The first-order chi connectivity index (χ1) is 9.78. The van der Waals surface area contributed by atoms with Crippen LogP contribution in [0.25, 0.3) is 11.0 Å². The highest BCUT2D eigenvalue weighted by Crippen LogP contribution is 2.25. The maximum absolute atomic E-state index is 11.7. The molecule has 5 nitrogen and oxygen atoms in total. The number of rotatable bonds is 3. The van der Waals surface area contributed by atoms with Crippen LogP contribution in [0, 0.1) is 0 Å². The summed E-state index contributed by atoms with van der Waals surface area (Å²) >= 11 is 0. The van der Waals surface area contributed by atoms with Crippen molar-refractivity contribution in [1.29, 1.82) is 0 Å². The number of esters is 1. The molecule has 2 heterocycles. The third-order valence-corrected chi connectivity index (χ3v) is 3.46. The van der Waals surface area contributed by atoms with Gasteiger partial charge in [-0.25, -0.2) is 4.79 Å². The molecule has 1 aromatic carbocycles. The van der Waals surface area contributed by atoms with Gasteiger partial charge in [0, 0.05) is 37.3 Å². The first-order valence-corrected chi connectivity index (χ1v) is 6.94. The molecule has 0 spiro atoms. The van der Waals surface area contributed by atoms with Gasteiger partial charge in [0.1, 0.15) is 5.58 Å². The lowest BCUT2D eigenvalue weighted by Crippen LogP contribution is -2.43. The van der Waals surface area contributed by atoms with Gasteiger partial charge in [-0.05, 0) is 31.2 Å². The van der Waals surface area contributed by atoms with Crippen LogP contribution in [-0.2, 0) is 4.74 Å². The lowest BCUT2D eigenvalue weighted by atomic mass is 10.2. The van der Waals surface area contributed by atoms with E-state index in [9.17, 15) is 4.79 Å². The van der Waals surface area contributed by atoms with Crippen LogP contribution in [0.5, 0.6) is 0 Å². The van der Waals surface area contributed by atoms with Crippen molar-refractivity contribution in [1.82, 2.24) is 5.32 Å². The summed E-state index contributed by atoms with van der Waals surface area (Å²) in [6, 6.07) is 7.76. The molecule has 1 aromatic heterocycles. The van der Waals surface area contributed by atoms with E-state index in [2.05, 4.69) is 16.3 Å². The van der Waals surface area contributed by atoms with Crippen LogP contribution >= 0.6 is 0 Å². The molecular formula is C15H18N2O3. The topological polar surface area (TPSA) is 54.7 Å². The van der Waals surface area contributed by atoms with E-state index in [-0.39, 0.29) is 5.76 Å². The molecule has 1 aliphatic heterocycles. The van der Waals surface area contributed by atoms with E-state index in [1.807, 2.05) is 12.1 Å². The molecule has 0 atom stereocenters. The van der Waals surface area contributed by atoms with Crippen molar-refractivity contribution in [2.45, 2.75) is 6.92 Å². The quantitative estimate of drug-likeness (QED) is 0.868. The molecule has 0 saturated carbocycles. The molecule has 20 heavy (non-hydrogen) atoms. The van der Waals surface area contributed by atoms with E-state index in [0.29, 0.717) is 12.2 Å². The lowest BCUT2D eigenvalue weighted by molar-refractivity contribution is 0.0492. The second kappa shape index (κ2) is 5.54. The molecule has 0 bridgehead atoms. The first-order valence-electron chi connectivity index (χ1n) is 6.94. The van der Waals surface area contributed by atoms with Gasteiger partial charge in [0.15, 0.2) is 0 Å². The molecule has 0 aliphatic carbocycles. The van der Waals surface area contributed by atoms with Crippen molar-refractivity contribution in [3.8, 4) is 0 Å². The van der Waals surface area contributed by atoms with E-state index in [1.165, 1.54) is 0 Å². The van der Waals surface area contributed by atoms with Crippen LogP contribution in [0.3, 0.4) is 0 Å². The average molecular weight is 274 g/mol. The molecule has 2 aromatic rings. The standard InChI is InChI=1S/C15H18N2O3/c1-2-19-15(18)14-10-11-9-12(3-4-13(11)20-14)17-7-5-16-6-8-17/h3-4,9-10,16H,2,5-8H2,1H3. The minimum atomic E-state index is -0.410. The number of piperazine rings is 1. The minimum absolute atomic E-state index is 0.263. The molecule has 0 radical (unpaired) electrons. The highest BCUT2D eigenvalue weighted by molar-refractivity contribution is 5.93. The van der Waals surface area contributed by atoms with Crippen molar-refractivity contribution >= 4 is 22.6 Å². The molecule has 1 fully saturated rings. The van der Waals surface area contributed by atoms with Gasteiger partial charge < -0.3 is 19.4 Å². The van der Waals surface area contributed by atoms with Crippen LogP contribution in [0.4, 0.5) is 5.69 Å². The molecule has 1 N–H and O–H groups in total. The zero-order chi connectivity index (χ0) is 13.9. The third kappa shape index (κ3) is 2.49. The van der Waals surface area contributed by atoms with Crippen LogP contribution in [0.2, 0.25) is 0 Å². The Labute approximate surface area is 117 Å². The third-order valence-electron chi connectivity index (χ3n) is 3.46. The van der Waals surface area contributed by atoms with Crippen LogP contribution in [0.15, 0.2) is 28.7 Å². The number of nitrogens with one attached hydrogen (secondary N) is 1. The zero-order valence-corrected chi connectivity index (χ0v) is 11.5. The summed E-state index contributed by atoms with van der Waals surface area (Å²) in [6.45, 7) is 6.11. The summed E-state index contributed by atoms with van der Waals surface area (Å²) in [5.41, 5.74) is 1.88. The Kier molecular flexibility index (Phi) is 3.60. The van der Waals surface area contributed by atoms with Gasteiger partial charge in [0.05, 0.1) is 6.61 Å². The summed E-state index contributed by atoms with van der Waals surface area (Å²) in [7, 11) is 0. The predicted molar refractivity (Wildman–Crippen MR) is 77.3 cm³/mol. The second-order valence-corrected chi connectivity index (χ2v) is 4.79. The van der Waals surface area contributed by atoms with Gasteiger partial charge in [0.2, 0.25) is 5.76 Å². The normalized spacial score (nSPS) is 15.6. The molecule has 0 amide bonds. The lowest BCUT2D eigenvalue weighted by Gasteiger charge is -2.29. The highest BCUT2D eigenvalue weighted by Gasteiger charge is 2.15. The van der Waals surface area contributed by atoms with Crippen LogP contribution < -0.4 is 10.2 Å². The monoisotopic (exact) mass is 274 g/mol. The predicted octanol–water partition coefficient (Wildman–Crippen LogP) is 2.02. The maximum Gasteiger partial charge on any atom is 0.374 e. The van der Waals surface area contributed by atoms with Gasteiger partial charge in [0.25, 0.3) is 0 Å². The fraction of sp³-hybridized carbons (Fsp3) is 0.400. The summed E-state index contributed by atoms with van der Waals surface area (Å²) in [6.07, 6.45) is 0. The van der Waals surface area contributed by atoms with E-state index in [1.54, 1.807) is 13.0 Å². The summed E-state index contributed by atoms with van der Waals surface area (Å²) in [5, 5.41) is 4.27. The van der Waals surface area contributed by atoms with Gasteiger partial charge >= 0.3 is 5.97 Å². The van der Waals surface area contributed by atoms with Crippen molar-refractivity contribution in [2.75, 3.05) is 37.7 Å². The van der Waals surface area contributed by atoms with Gasteiger partial charge in [-0.15, -0.1) is 0 Å². The molecular weight excluding hydrogens is 256 g/mol. The number of anilines is 1. The molecule has 0 unspecified atom stereocenters. The molecule has 1 saturated heterocycles. The Morgan fingerprint density at radius 2 is 2.15 bits per heavy atom. The van der Waals surface area contributed by atoms with E-state index >= 15 is 0 Å². The molecule has 106 valence electrons. The Hall–Kier alpha value is -2.01. The Morgan fingerprint density at radius 3 is 2.90 bits per heavy atom. The van der Waals surface area contributed by atoms with E-state index in [0.717, 1.165) is 37.3 Å². The molecule has 5 heteroatoms. The van der Waals surface area contributed by atoms with Crippen LogP contribution in [-0.4, -0.2) is 38.8 Å². The summed E-state index contributed by atoms with van der Waals surface area (Å²) in [4.78, 5) is 14.0. The molecule has 1 aliphatic rings. The Balaban J connectivity index is 1.88. The van der Waals surface area contributed by atoms with Crippen molar-refractivity contribution in [3.63, 3.8) is 0 Å². The SMILES string of the molecule is CCOC(=O)c1cc2cc(N3CCNCC3)ccc2o1. The first kappa shape index (κ1) is 13.0. The van der Waals surface area contributed by atoms with Gasteiger partial charge in [-0.3, -0.25) is 0 Å². The number of carbonyl (C=O) groups excluding carboxylic acids is 1. The maximum atomic E-state index is 11.7. The Bertz CT molecular complexity index is 615.